The molecule has 2 N–H and O–H groups in total. The molecule has 1 aromatic heterocycles. The molecule has 0 radical (unpaired) electrons. The SMILES string of the molecule is CN=C(NCCc1cc(C)cc(C)c1)NCc1cccnc1N1CCOCC1. The number of anilines is 1. The van der Waals surface area contributed by atoms with Crippen molar-refractivity contribution in [2.24, 2.45) is 4.99 Å². The van der Waals surface area contributed by atoms with Gasteiger partial charge in [0.15, 0.2) is 5.96 Å². The van der Waals surface area contributed by atoms with Gasteiger partial charge in [-0.25, -0.2) is 4.98 Å². The van der Waals surface area contributed by atoms with Crippen LogP contribution >= 0.6 is 0 Å². The van der Waals surface area contributed by atoms with Gasteiger partial charge in [-0.3, -0.25) is 4.99 Å². The van der Waals surface area contributed by atoms with Crippen molar-refractivity contribution in [2.75, 3.05) is 44.8 Å². The number of hydrogen-bond acceptors (Lipinski definition) is 4. The van der Waals surface area contributed by atoms with Crippen LogP contribution in [0.1, 0.15) is 22.3 Å². The molecular weight excluding hydrogens is 350 g/mol. The molecule has 3 rings (SSSR count). The maximum Gasteiger partial charge on any atom is 0.191 e. The highest BCUT2D eigenvalue weighted by molar-refractivity contribution is 5.79. The second-order valence-electron chi connectivity index (χ2n) is 7.18. The number of aromatic nitrogens is 1. The summed E-state index contributed by atoms with van der Waals surface area (Å²) in [5, 5.41) is 6.83. The summed E-state index contributed by atoms with van der Waals surface area (Å²) >= 11 is 0. The van der Waals surface area contributed by atoms with Gasteiger partial charge in [-0.1, -0.05) is 35.4 Å². The number of ether oxygens (including phenoxy) is 1. The summed E-state index contributed by atoms with van der Waals surface area (Å²) in [6.07, 6.45) is 2.82. The van der Waals surface area contributed by atoms with Crippen LogP contribution in [0.4, 0.5) is 5.82 Å². The van der Waals surface area contributed by atoms with Crippen molar-refractivity contribution in [3.8, 4) is 0 Å². The van der Waals surface area contributed by atoms with Gasteiger partial charge in [0.2, 0.25) is 0 Å². The maximum absolute atomic E-state index is 5.46. The number of nitrogens with one attached hydrogen (secondary N) is 2. The van der Waals surface area contributed by atoms with E-state index in [0.717, 1.165) is 51.0 Å². The quantitative estimate of drug-likeness (QED) is 0.594. The Kier molecular flexibility index (Phi) is 7.25. The minimum atomic E-state index is 0.684. The molecule has 0 bridgehead atoms. The fraction of sp³-hybridized carbons (Fsp3) is 0.455. The third kappa shape index (κ3) is 5.70. The summed E-state index contributed by atoms with van der Waals surface area (Å²) in [7, 11) is 1.80. The van der Waals surface area contributed by atoms with Crippen LogP contribution in [-0.4, -0.2) is 50.8 Å². The molecule has 2 aromatic rings. The van der Waals surface area contributed by atoms with Crippen molar-refractivity contribution in [1.29, 1.82) is 0 Å². The second-order valence-corrected chi connectivity index (χ2v) is 7.18. The fourth-order valence-corrected chi connectivity index (χ4v) is 3.57. The molecule has 0 saturated carbocycles. The van der Waals surface area contributed by atoms with E-state index in [4.69, 9.17) is 4.74 Å². The second kappa shape index (κ2) is 10.1. The number of hydrogen-bond donors (Lipinski definition) is 2. The number of pyridine rings is 1. The standard InChI is InChI=1S/C22H31N5O/c1-17-13-18(2)15-19(14-17)6-8-25-22(23-3)26-16-20-5-4-7-24-21(20)27-9-11-28-12-10-27/h4-5,7,13-15H,6,8-12,16H2,1-3H3,(H2,23,25,26). The van der Waals surface area contributed by atoms with Crippen LogP contribution in [0.3, 0.4) is 0 Å². The number of guanidine groups is 1. The van der Waals surface area contributed by atoms with E-state index in [0.29, 0.717) is 6.54 Å². The summed E-state index contributed by atoms with van der Waals surface area (Å²) in [5.41, 5.74) is 5.14. The molecular formula is C22H31N5O. The van der Waals surface area contributed by atoms with Crippen LogP contribution in [0.15, 0.2) is 41.5 Å². The topological polar surface area (TPSA) is 61.8 Å². The molecule has 0 aliphatic carbocycles. The lowest BCUT2D eigenvalue weighted by Gasteiger charge is -2.29. The van der Waals surface area contributed by atoms with Gasteiger partial charge in [0.1, 0.15) is 5.82 Å². The van der Waals surface area contributed by atoms with E-state index in [1.807, 2.05) is 12.3 Å². The average molecular weight is 382 g/mol. The summed E-state index contributed by atoms with van der Waals surface area (Å²) in [6, 6.07) is 10.8. The normalized spacial score (nSPS) is 14.8. The van der Waals surface area contributed by atoms with Crippen LogP contribution in [0, 0.1) is 13.8 Å². The molecule has 0 atom stereocenters. The van der Waals surface area contributed by atoms with E-state index in [1.165, 1.54) is 22.3 Å². The number of rotatable bonds is 6. The Morgan fingerprint density at radius 2 is 1.89 bits per heavy atom. The predicted octanol–water partition coefficient (Wildman–Crippen LogP) is 2.44. The first-order valence-corrected chi connectivity index (χ1v) is 9.94. The summed E-state index contributed by atoms with van der Waals surface area (Å²) < 4.78 is 5.46. The van der Waals surface area contributed by atoms with E-state index in [9.17, 15) is 0 Å². The van der Waals surface area contributed by atoms with Gasteiger partial charge in [0, 0.05) is 45.0 Å². The zero-order valence-electron chi connectivity index (χ0n) is 17.2. The van der Waals surface area contributed by atoms with Crippen molar-refractivity contribution in [1.82, 2.24) is 15.6 Å². The molecule has 0 amide bonds. The highest BCUT2D eigenvalue weighted by atomic mass is 16.5. The predicted molar refractivity (Wildman–Crippen MR) is 115 cm³/mol. The number of benzene rings is 1. The Morgan fingerprint density at radius 3 is 2.61 bits per heavy atom. The summed E-state index contributed by atoms with van der Waals surface area (Å²) in [5.74, 6) is 1.84. The van der Waals surface area contributed by atoms with Crippen molar-refractivity contribution in [2.45, 2.75) is 26.8 Å². The third-order valence-corrected chi connectivity index (χ3v) is 4.84. The molecule has 28 heavy (non-hydrogen) atoms. The highest BCUT2D eigenvalue weighted by Gasteiger charge is 2.15. The minimum Gasteiger partial charge on any atom is -0.378 e. The monoisotopic (exact) mass is 381 g/mol. The van der Waals surface area contributed by atoms with Crippen LogP contribution in [0.5, 0.6) is 0 Å². The van der Waals surface area contributed by atoms with E-state index < -0.39 is 0 Å². The van der Waals surface area contributed by atoms with Gasteiger partial charge in [0.25, 0.3) is 0 Å². The smallest absolute Gasteiger partial charge is 0.191 e. The fourth-order valence-electron chi connectivity index (χ4n) is 3.57. The van der Waals surface area contributed by atoms with Crippen LogP contribution in [-0.2, 0) is 17.7 Å². The average Bonchev–Trinajstić information content (AvgIpc) is 2.71. The summed E-state index contributed by atoms with van der Waals surface area (Å²) in [4.78, 5) is 11.2. The Balaban J connectivity index is 1.53. The largest absolute Gasteiger partial charge is 0.378 e. The molecule has 1 aromatic carbocycles. The molecule has 1 saturated heterocycles. The molecule has 1 aliphatic rings. The number of aryl methyl sites for hydroxylation is 2. The number of morpholine rings is 1. The van der Waals surface area contributed by atoms with Crippen LogP contribution in [0.2, 0.25) is 0 Å². The van der Waals surface area contributed by atoms with Gasteiger partial charge < -0.3 is 20.3 Å². The zero-order valence-corrected chi connectivity index (χ0v) is 17.2. The molecule has 1 fully saturated rings. The Morgan fingerprint density at radius 1 is 1.14 bits per heavy atom. The van der Waals surface area contributed by atoms with Gasteiger partial charge in [0.05, 0.1) is 13.2 Å². The first kappa shape index (κ1) is 20.1. The van der Waals surface area contributed by atoms with Crippen molar-refractivity contribution < 1.29 is 4.74 Å². The molecule has 6 nitrogen and oxygen atoms in total. The molecule has 150 valence electrons. The van der Waals surface area contributed by atoms with E-state index in [2.05, 4.69) is 63.6 Å². The maximum atomic E-state index is 5.46. The van der Waals surface area contributed by atoms with Crippen molar-refractivity contribution >= 4 is 11.8 Å². The van der Waals surface area contributed by atoms with E-state index in [-0.39, 0.29) is 0 Å². The van der Waals surface area contributed by atoms with Gasteiger partial charge >= 0.3 is 0 Å². The Hall–Kier alpha value is -2.60. The lowest BCUT2D eigenvalue weighted by molar-refractivity contribution is 0.122. The van der Waals surface area contributed by atoms with Crippen molar-refractivity contribution in [3.05, 3.63) is 58.8 Å². The van der Waals surface area contributed by atoms with Gasteiger partial charge in [-0.05, 0) is 31.9 Å². The zero-order chi connectivity index (χ0) is 19.8. The van der Waals surface area contributed by atoms with Crippen LogP contribution in [0.25, 0.3) is 0 Å². The molecule has 0 unspecified atom stereocenters. The third-order valence-electron chi connectivity index (χ3n) is 4.84. The van der Waals surface area contributed by atoms with E-state index in [1.54, 1.807) is 7.05 Å². The van der Waals surface area contributed by atoms with Gasteiger partial charge in [-0.15, -0.1) is 0 Å². The molecule has 0 spiro atoms. The Labute approximate surface area is 168 Å². The number of aliphatic imine (C=N–C) groups is 1. The van der Waals surface area contributed by atoms with Gasteiger partial charge in [-0.2, -0.15) is 0 Å². The van der Waals surface area contributed by atoms with Crippen LogP contribution < -0.4 is 15.5 Å². The lowest BCUT2D eigenvalue weighted by Crippen LogP contribution is -2.40. The minimum absolute atomic E-state index is 0.684. The number of nitrogens with zero attached hydrogens (tertiary/aromatic N) is 3. The first-order chi connectivity index (χ1) is 13.7. The Bertz CT molecular complexity index is 779. The molecule has 2 heterocycles. The highest BCUT2D eigenvalue weighted by Crippen LogP contribution is 2.18. The van der Waals surface area contributed by atoms with E-state index >= 15 is 0 Å². The first-order valence-electron chi connectivity index (χ1n) is 9.94. The lowest BCUT2D eigenvalue weighted by atomic mass is 10.1. The van der Waals surface area contributed by atoms with Crippen molar-refractivity contribution in [3.63, 3.8) is 0 Å². The molecule has 6 heteroatoms. The summed E-state index contributed by atoms with van der Waals surface area (Å²) in [6.45, 7) is 9.08. The molecule has 1 aliphatic heterocycles.